The molecule has 0 heterocycles. The molecule has 3 N–H and O–H groups in total. The Morgan fingerprint density at radius 2 is 1.58 bits per heavy atom. The fourth-order valence-corrected chi connectivity index (χ4v) is 2.85. The maximum Gasteiger partial charge on any atom is 0.315 e. The van der Waals surface area contributed by atoms with Crippen LogP contribution in [0.2, 0.25) is 0 Å². The molecule has 0 unspecified atom stereocenters. The number of anilines is 1. The van der Waals surface area contributed by atoms with Crippen LogP contribution in [0.3, 0.4) is 0 Å². The van der Waals surface area contributed by atoms with Gasteiger partial charge >= 0.3 is 12.0 Å². The van der Waals surface area contributed by atoms with Gasteiger partial charge in [0.2, 0.25) is 5.91 Å². The average molecular weight is 426 g/mol. The second-order valence-electron chi connectivity index (χ2n) is 7.54. The Balaban J connectivity index is 1.83. The summed E-state index contributed by atoms with van der Waals surface area (Å²) in [6.45, 7) is 6.23. The minimum Gasteiger partial charge on any atom is -0.466 e. The van der Waals surface area contributed by atoms with E-state index in [0.717, 1.165) is 11.1 Å². The minimum absolute atomic E-state index is 0.0445. The van der Waals surface area contributed by atoms with Crippen molar-refractivity contribution >= 4 is 23.6 Å². The topological polar surface area (TPSA) is 96.5 Å². The number of rotatable bonds is 10. The molecule has 0 bridgehead atoms. The lowest BCUT2D eigenvalue weighted by Gasteiger charge is -2.17. The number of amides is 3. The van der Waals surface area contributed by atoms with E-state index in [4.69, 9.17) is 4.74 Å². The highest BCUT2D eigenvalue weighted by atomic mass is 16.5. The van der Waals surface area contributed by atoms with E-state index in [1.807, 2.05) is 56.3 Å². The van der Waals surface area contributed by atoms with Gasteiger partial charge in [0.15, 0.2) is 0 Å². The molecule has 166 valence electrons. The van der Waals surface area contributed by atoms with Gasteiger partial charge < -0.3 is 20.7 Å². The molecule has 0 saturated carbocycles. The summed E-state index contributed by atoms with van der Waals surface area (Å²) >= 11 is 0. The molecule has 7 nitrogen and oxygen atoms in total. The van der Waals surface area contributed by atoms with Crippen molar-refractivity contribution in [3.63, 3.8) is 0 Å². The highest BCUT2D eigenvalue weighted by Crippen LogP contribution is 2.12. The molecule has 31 heavy (non-hydrogen) atoms. The maximum atomic E-state index is 12.3. The van der Waals surface area contributed by atoms with Crippen LogP contribution in [0.15, 0.2) is 54.6 Å². The molecule has 0 saturated heterocycles. The summed E-state index contributed by atoms with van der Waals surface area (Å²) in [6.07, 6.45) is 0.490. The number of esters is 1. The molecular formula is C24H31N3O4. The molecule has 0 aliphatic heterocycles. The van der Waals surface area contributed by atoms with Gasteiger partial charge in [-0.3, -0.25) is 9.59 Å². The van der Waals surface area contributed by atoms with Crippen LogP contribution in [0.5, 0.6) is 0 Å². The van der Waals surface area contributed by atoms with E-state index in [2.05, 4.69) is 16.0 Å². The summed E-state index contributed by atoms with van der Waals surface area (Å²) in [4.78, 5) is 36.2. The van der Waals surface area contributed by atoms with Crippen LogP contribution in [0, 0.1) is 11.8 Å². The van der Waals surface area contributed by atoms with Crippen LogP contribution in [0.4, 0.5) is 10.5 Å². The Bertz CT molecular complexity index is 851. The van der Waals surface area contributed by atoms with Gasteiger partial charge in [-0.2, -0.15) is 0 Å². The lowest BCUT2D eigenvalue weighted by molar-refractivity contribution is -0.147. The summed E-state index contributed by atoms with van der Waals surface area (Å²) in [7, 11) is 0. The zero-order chi connectivity index (χ0) is 22.6. The Hall–Kier alpha value is -3.35. The number of hydrogen-bond donors (Lipinski definition) is 3. The summed E-state index contributed by atoms with van der Waals surface area (Å²) in [5, 5.41) is 8.36. The number of hydrogen-bond acceptors (Lipinski definition) is 4. The quantitative estimate of drug-likeness (QED) is 0.508. The Labute approximate surface area is 183 Å². The van der Waals surface area contributed by atoms with E-state index in [9.17, 15) is 14.4 Å². The van der Waals surface area contributed by atoms with Gasteiger partial charge in [-0.1, -0.05) is 56.3 Å². The minimum atomic E-state index is -0.461. The van der Waals surface area contributed by atoms with E-state index in [1.165, 1.54) is 0 Å². The smallest absolute Gasteiger partial charge is 0.315 e. The first-order chi connectivity index (χ1) is 14.9. The van der Waals surface area contributed by atoms with Crippen molar-refractivity contribution in [3.05, 3.63) is 65.7 Å². The third-order valence-electron chi connectivity index (χ3n) is 4.65. The first-order valence-corrected chi connectivity index (χ1v) is 10.5. The fourth-order valence-electron chi connectivity index (χ4n) is 2.85. The standard InChI is InChI=1S/C24H31N3O4/c1-4-31-23(29)20(14-18-8-6-5-7-9-18)16-26-24(30)25-15-19-10-12-21(13-11-19)27-22(28)17(2)3/h5-13,17,20H,4,14-16H2,1-3H3,(H,27,28)(H2,25,26,30)/t20-/m0/s1. The lowest BCUT2D eigenvalue weighted by Crippen LogP contribution is -2.40. The van der Waals surface area contributed by atoms with Crippen LogP contribution in [0.1, 0.15) is 31.9 Å². The summed E-state index contributed by atoms with van der Waals surface area (Å²) in [5.41, 5.74) is 2.61. The molecule has 0 spiro atoms. The van der Waals surface area contributed by atoms with Crippen molar-refractivity contribution in [3.8, 4) is 0 Å². The largest absolute Gasteiger partial charge is 0.466 e. The number of urea groups is 1. The first kappa shape index (κ1) is 23.9. The number of carbonyl (C=O) groups is 3. The normalized spacial score (nSPS) is 11.5. The van der Waals surface area contributed by atoms with E-state index in [1.54, 1.807) is 19.1 Å². The monoisotopic (exact) mass is 425 g/mol. The molecule has 7 heteroatoms. The molecule has 1 atom stereocenters. The molecular weight excluding hydrogens is 394 g/mol. The Morgan fingerprint density at radius 3 is 2.19 bits per heavy atom. The molecule has 2 rings (SSSR count). The molecule has 0 aromatic heterocycles. The van der Waals surface area contributed by atoms with Gasteiger partial charge in [-0.15, -0.1) is 0 Å². The Kier molecular flexibility index (Phi) is 9.55. The van der Waals surface area contributed by atoms with Crippen LogP contribution >= 0.6 is 0 Å². The molecule has 3 amide bonds. The van der Waals surface area contributed by atoms with Crippen molar-refractivity contribution in [2.75, 3.05) is 18.5 Å². The van der Waals surface area contributed by atoms with Gasteiger partial charge in [-0.25, -0.2) is 4.79 Å². The van der Waals surface area contributed by atoms with Crippen LogP contribution in [-0.4, -0.2) is 31.1 Å². The van der Waals surface area contributed by atoms with Crippen LogP contribution < -0.4 is 16.0 Å². The highest BCUT2D eigenvalue weighted by molar-refractivity contribution is 5.92. The zero-order valence-electron chi connectivity index (χ0n) is 18.3. The fraction of sp³-hybridized carbons (Fsp3) is 0.375. The molecule has 0 fully saturated rings. The zero-order valence-corrected chi connectivity index (χ0v) is 18.3. The van der Waals surface area contributed by atoms with Crippen molar-refractivity contribution in [2.24, 2.45) is 11.8 Å². The van der Waals surface area contributed by atoms with Gasteiger partial charge in [-0.05, 0) is 36.6 Å². The van der Waals surface area contributed by atoms with Gasteiger partial charge in [0.1, 0.15) is 0 Å². The van der Waals surface area contributed by atoms with Crippen molar-refractivity contribution in [1.82, 2.24) is 10.6 Å². The van der Waals surface area contributed by atoms with Gasteiger partial charge in [0, 0.05) is 24.7 Å². The second-order valence-corrected chi connectivity index (χ2v) is 7.54. The summed E-state index contributed by atoms with van der Waals surface area (Å²) < 4.78 is 5.15. The van der Waals surface area contributed by atoms with Crippen LogP contribution in [0.25, 0.3) is 0 Å². The lowest BCUT2D eigenvalue weighted by atomic mass is 9.99. The number of nitrogens with one attached hydrogen (secondary N) is 3. The van der Waals surface area contributed by atoms with Crippen LogP contribution in [-0.2, 0) is 27.3 Å². The molecule has 2 aromatic rings. The van der Waals surface area contributed by atoms with E-state index < -0.39 is 5.92 Å². The predicted molar refractivity (Wildman–Crippen MR) is 120 cm³/mol. The Morgan fingerprint density at radius 1 is 0.903 bits per heavy atom. The maximum absolute atomic E-state index is 12.3. The molecule has 0 radical (unpaired) electrons. The first-order valence-electron chi connectivity index (χ1n) is 10.5. The van der Waals surface area contributed by atoms with Gasteiger partial charge in [0.05, 0.1) is 12.5 Å². The van der Waals surface area contributed by atoms with E-state index in [0.29, 0.717) is 25.3 Å². The molecule has 2 aromatic carbocycles. The highest BCUT2D eigenvalue weighted by Gasteiger charge is 2.21. The second kappa shape index (κ2) is 12.4. The van der Waals surface area contributed by atoms with Crippen molar-refractivity contribution in [1.29, 1.82) is 0 Å². The summed E-state index contributed by atoms with van der Waals surface area (Å²) in [5.74, 6) is -0.926. The summed E-state index contributed by atoms with van der Waals surface area (Å²) in [6, 6.07) is 16.5. The SMILES string of the molecule is CCOC(=O)[C@H](CNC(=O)NCc1ccc(NC(=O)C(C)C)cc1)Cc1ccccc1. The number of benzene rings is 2. The number of carbonyl (C=O) groups excluding carboxylic acids is 3. The molecule has 0 aliphatic carbocycles. The average Bonchev–Trinajstić information content (AvgIpc) is 2.76. The third kappa shape index (κ3) is 8.50. The van der Waals surface area contributed by atoms with E-state index >= 15 is 0 Å². The van der Waals surface area contributed by atoms with E-state index in [-0.39, 0.29) is 30.4 Å². The van der Waals surface area contributed by atoms with Gasteiger partial charge in [0.25, 0.3) is 0 Å². The number of ether oxygens (including phenoxy) is 1. The third-order valence-corrected chi connectivity index (χ3v) is 4.65. The predicted octanol–water partition coefficient (Wildman–Crippen LogP) is 3.50. The molecule has 0 aliphatic rings. The van der Waals surface area contributed by atoms with Crippen molar-refractivity contribution < 1.29 is 19.1 Å². The van der Waals surface area contributed by atoms with Crippen molar-refractivity contribution in [2.45, 2.75) is 33.7 Å².